The number of nitrogens with zero attached hydrogens (tertiary/aromatic N) is 3. The van der Waals surface area contributed by atoms with E-state index in [1.54, 1.807) is 11.3 Å². The molecule has 174 valence electrons. The van der Waals surface area contributed by atoms with Gasteiger partial charge < -0.3 is 10.2 Å². The molecule has 4 aromatic rings. The van der Waals surface area contributed by atoms with Crippen LogP contribution in [0.1, 0.15) is 28.8 Å². The van der Waals surface area contributed by atoms with E-state index in [9.17, 15) is 9.59 Å². The molecular weight excluding hydrogens is 444 g/mol. The van der Waals surface area contributed by atoms with Gasteiger partial charge in [-0.25, -0.2) is 4.98 Å². The van der Waals surface area contributed by atoms with Gasteiger partial charge in [-0.15, -0.1) is 11.3 Å². The van der Waals surface area contributed by atoms with Gasteiger partial charge in [-0.2, -0.15) is 0 Å². The SMILES string of the molecule is Cc1ccc(Cn2c(=O)c(N3CCCC(C(=O)NCc4cccs4)C3)nc3ccccc32)cc1. The van der Waals surface area contributed by atoms with Crippen molar-refractivity contribution in [2.45, 2.75) is 32.9 Å². The van der Waals surface area contributed by atoms with Crippen LogP contribution >= 0.6 is 11.3 Å². The Hall–Kier alpha value is -3.45. The number of hydrogen-bond acceptors (Lipinski definition) is 5. The number of para-hydroxylation sites is 2. The second-order valence-corrected chi connectivity index (χ2v) is 9.92. The lowest BCUT2D eigenvalue weighted by Gasteiger charge is -2.32. The van der Waals surface area contributed by atoms with Crippen molar-refractivity contribution in [2.75, 3.05) is 18.0 Å². The van der Waals surface area contributed by atoms with Crippen molar-refractivity contribution in [2.24, 2.45) is 5.92 Å². The molecule has 34 heavy (non-hydrogen) atoms. The van der Waals surface area contributed by atoms with E-state index in [-0.39, 0.29) is 17.4 Å². The fraction of sp³-hybridized carbons (Fsp3) is 0.296. The van der Waals surface area contributed by atoms with E-state index in [0.29, 0.717) is 25.5 Å². The molecule has 0 bridgehead atoms. The molecule has 1 aliphatic heterocycles. The Morgan fingerprint density at radius 3 is 2.74 bits per heavy atom. The molecule has 1 aliphatic rings. The number of rotatable bonds is 6. The van der Waals surface area contributed by atoms with Crippen LogP contribution in [-0.2, 0) is 17.9 Å². The molecule has 2 aromatic carbocycles. The lowest BCUT2D eigenvalue weighted by molar-refractivity contribution is -0.125. The van der Waals surface area contributed by atoms with E-state index in [4.69, 9.17) is 4.98 Å². The Kier molecular flexibility index (Phi) is 6.45. The van der Waals surface area contributed by atoms with Gasteiger partial charge in [0, 0.05) is 18.0 Å². The average molecular weight is 473 g/mol. The largest absolute Gasteiger partial charge is 0.351 e. The van der Waals surface area contributed by atoms with Crippen LogP contribution in [0.25, 0.3) is 11.0 Å². The van der Waals surface area contributed by atoms with Gasteiger partial charge in [0.2, 0.25) is 5.91 Å². The quantitative estimate of drug-likeness (QED) is 0.453. The molecule has 1 unspecified atom stereocenters. The highest BCUT2D eigenvalue weighted by Crippen LogP contribution is 2.23. The van der Waals surface area contributed by atoms with Gasteiger partial charge in [0.25, 0.3) is 5.56 Å². The molecule has 3 heterocycles. The number of hydrogen-bond donors (Lipinski definition) is 1. The smallest absolute Gasteiger partial charge is 0.294 e. The number of aryl methyl sites for hydroxylation is 1. The molecule has 7 heteroatoms. The molecular formula is C27H28N4O2S. The second kappa shape index (κ2) is 9.81. The van der Waals surface area contributed by atoms with Gasteiger partial charge in [0.15, 0.2) is 5.82 Å². The highest BCUT2D eigenvalue weighted by molar-refractivity contribution is 7.09. The van der Waals surface area contributed by atoms with E-state index in [1.165, 1.54) is 5.56 Å². The van der Waals surface area contributed by atoms with Crippen molar-refractivity contribution in [1.29, 1.82) is 0 Å². The molecule has 1 atom stereocenters. The van der Waals surface area contributed by atoms with Crippen LogP contribution in [0.4, 0.5) is 5.82 Å². The number of thiophene rings is 1. The first-order valence-electron chi connectivity index (χ1n) is 11.7. The molecule has 0 aliphatic carbocycles. The number of carbonyl (C=O) groups is 1. The van der Waals surface area contributed by atoms with Crippen molar-refractivity contribution in [3.8, 4) is 0 Å². The van der Waals surface area contributed by atoms with Gasteiger partial charge in [0.05, 0.1) is 30.0 Å². The minimum Gasteiger partial charge on any atom is -0.351 e. The maximum atomic E-state index is 13.7. The zero-order valence-corrected chi connectivity index (χ0v) is 20.1. The number of amides is 1. The third-order valence-corrected chi connectivity index (χ3v) is 7.28. The number of anilines is 1. The van der Waals surface area contributed by atoms with Crippen LogP contribution in [-0.4, -0.2) is 28.5 Å². The third kappa shape index (κ3) is 4.75. The van der Waals surface area contributed by atoms with Crippen molar-refractivity contribution >= 4 is 34.1 Å². The number of fused-ring (bicyclic) bond motifs is 1. The molecule has 1 amide bonds. The van der Waals surface area contributed by atoms with E-state index in [2.05, 4.69) is 36.5 Å². The highest BCUT2D eigenvalue weighted by Gasteiger charge is 2.28. The average Bonchev–Trinajstić information content (AvgIpc) is 3.39. The van der Waals surface area contributed by atoms with Crippen LogP contribution in [0, 0.1) is 12.8 Å². The lowest BCUT2D eigenvalue weighted by Crippen LogP contribution is -2.45. The maximum absolute atomic E-state index is 13.7. The first kappa shape index (κ1) is 22.3. The summed E-state index contributed by atoms with van der Waals surface area (Å²) < 4.78 is 1.81. The molecule has 5 rings (SSSR count). The van der Waals surface area contributed by atoms with E-state index >= 15 is 0 Å². The van der Waals surface area contributed by atoms with Crippen molar-refractivity contribution in [3.63, 3.8) is 0 Å². The molecule has 0 saturated carbocycles. The summed E-state index contributed by atoms with van der Waals surface area (Å²) in [5.41, 5.74) is 3.75. The Morgan fingerprint density at radius 1 is 1.12 bits per heavy atom. The van der Waals surface area contributed by atoms with Crippen LogP contribution in [0.3, 0.4) is 0 Å². The molecule has 6 nitrogen and oxygen atoms in total. The van der Waals surface area contributed by atoms with Crippen LogP contribution in [0.2, 0.25) is 0 Å². The maximum Gasteiger partial charge on any atom is 0.294 e. The number of benzene rings is 2. The molecule has 1 saturated heterocycles. The van der Waals surface area contributed by atoms with Crippen LogP contribution < -0.4 is 15.8 Å². The monoisotopic (exact) mass is 472 g/mol. The highest BCUT2D eigenvalue weighted by atomic mass is 32.1. The normalized spacial score (nSPS) is 16.0. The zero-order valence-electron chi connectivity index (χ0n) is 19.2. The second-order valence-electron chi connectivity index (χ2n) is 8.88. The van der Waals surface area contributed by atoms with Gasteiger partial charge in [-0.05, 0) is 48.9 Å². The molecule has 1 fully saturated rings. The molecule has 0 spiro atoms. The van der Waals surface area contributed by atoms with Crippen LogP contribution in [0.5, 0.6) is 0 Å². The van der Waals surface area contributed by atoms with Gasteiger partial charge in [0.1, 0.15) is 0 Å². The van der Waals surface area contributed by atoms with E-state index in [0.717, 1.165) is 40.9 Å². The summed E-state index contributed by atoms with van der Waals surface area (Å²) in [5.74, 6) is 0.312. The van der Waals surface area contributed by atoms with E-state index < -0.39 is 0 Å². The predicted molar refractivity (Wildman–Crippen MR) is 137 cm³/mol. The first-order chi connectivity index (χ1) is 16.6. The summed E-state index contributed by atoms with van der Waals surface area (Å²) in [6.07, 6.45) is 1.67. The minimum atomic E-state index is -0.160. The Labute approximate surface area is 202 Å². The predicted octanol–water partition coefficient (Wildman–Crippen LogP) is 4.35. The van der Waals surface area contributed by atoms with Crippen molar-refractivity contribution in [3.05, 3.63) is 92.4 Å². The standard InChI is InChI=1S/C27H28N4O2S/c1-19-10-12-20(13-11-19)17-31-24-9-3-2-8-23(24)29-25(27(31)33)30-14-4-6-21(18-30)26(32)28-16-22-7-5-15-34-22/h2-3,5,7-13,15,21H,4,6,14,16-18H2,1H3,(H,28,32). The fourth-order valence-corrected chi connectivity index (χ4v) is 5.18. The topological polar surface area (TPSA) is 67.2 Å². The Morgan fingerprint density at radius 2 is 1.94 bits per heavy atom. The summed E-state index contributed by atoms with van der Waals surface area (Å²) in [6, 6.07) is 20.0. The summed E-state index contributed by atoms with van der Waals surface area (Å²) in [6.45, 7) is 4.30. The summed E-state index contributed by atoms with van der Waals surface area (Å²) in [7, 11) is 0. The number of nitrogens with one attached hydrogen (secondary N) is 1. The number of piperidine rings is 1. The molecule has 2 aromatic heterocycles. The van der Waals surface area contributed by atoms with Crippen molar-refractivity contribution in [1.82, 2.24) is 14.9 Å². The first-order valence-corrected chi connectivity index (χ1v) is 12.6. The summed E-state index contributed by atoms with van der Waals surface area (Å²) >= 11 is 1.64. The summed E-state index contributed by atoms with van der Waals surface area (Å²) in [5, 5.41) is 5.07. The van der Waals surface area contributed by atoms with E-state index in [1.807, 2.05) is 51.2 Å². The van der Waals surface area contributed by atoms with Crippen LogP contribution in [0.15, 0.2) is 70.8 Å². The van der Waals surface area contributed by atoms with Gasteiger partial charge in [-0.3, -0.25) is 14.2 Å². The fourth-order valence-electron chi connectivity index (χ4n) is 4.53. The number of aromatic nitrogens is 2. The Bertz CT molecular complexity index is 1350. The lowest BCUT2D eigenvalue weighted by atomic mass is 9.97. The summed E-state index contributed by atoms with van der Waals surface area (Å²) in [4.78, 5) is 34.4. The van der Waals surface area contributed by atoms with Gasteiger partial charge in [-0.1, -0.05) is 48.0 Å². The zero-order chi connectivity index (χ0) is 23.5. The number of carbonyl (C=O) groups excluding carboxylic acids is 1. The minimum absolute atomic E-state index is 0.0406. The third-order valence-electron chi connectivity index (χ3n) is 6.41. The van der Waals surface area contributed by atoms with Crippen molar-refractivity contribution < 1.29 is 4.79 Å². The van der Waals surface area contributed by atoms with Gasteiger partial charge >= 0.3 is 0 Å². The Balaban J connectivity index is 1.42. The molecule has 1 N–H and O–H groups in total. The molecule has 0 radical (unpaired) electrons.